The standard InChI is InChI=1S/C20H24FN5O3/c1-19(25-17(27)14-3-2-7-22-11-14)6-10-29-20(18(19)28)4-8-26(9-5-20)16-15(21)12-23-13-24-16/h2-3,7,11-13,18,28H,4-6,8-10H2,1H3,(H,25,27)/t18-,19+/m1/s1. The van der Waals surface area contributed by atoms with Gasteiger partial charge < -0.3 is 20.1 Å². The number of rotatable bonds is 3. The zero-order valence-electron chi connectivity index (χ0n) is 16.2. The van der Waals surface area contributed by atoms with Crippen LogP contribution in [0.15, 0.2) is 37.1 Å². The Balaban J connectivity index is 1.48. The second kappa shape index (κ2) is 7.64. The molecule has 9 heteroatoms. The van der Waals surface area contributed by atoms with E-state index in [2.05, 4.69) is 20.3 Å². The van der Waals surface area contributed by atoms with Gasteiger partial charge in [0.05, 0.1) is 22.9 Å². The van der Waals surface area contributed by atoms with Crippen molar-refractivity contribution in [2.45, 2.75) is 43.4 Å². The van der Waals surface area contributed by atoms with Gasteiger partial charge in [-0.25, -0.2) is 14.4 Å². The molecule has 0 aromatic carbocycles. The topological polar surface area (TPSA) is 100 Å². The van der Waals surface area contributed by atoms with Crippen molar-refractivity contribution in [1.82, 2.24) is 20.3 Å². The monoisotopic (exact) mass is 401 g/mol. The molecule has 2 saturated heterocycles. The van der Waals surface area contributed by atoms with Gasteiger partial charge in [0.2, 0.25) is 0 Å². The predicted molar refractivity (Wildman–Crippen MR) is 103 cm³/mol. The summed E-state index contributed by atoms with van der Waals surface area (Å²) >= 11 is 0. The lowest BCUT2D eigenvalue weighted by molar-refractivity contribution is -0.195. The molecule has 2 aromatic heterocycles. The minimum absolute atomic E-state index is 0.257. The van der Waals surface area contributed by atoms with Crippen molar-refractivity contribution < 1.29 is 19.0 Å². The quantitative estimate of drug-likeness (QED) is 0.800. The zero-order valence-corrected chi connectivity index (χ0v) is 16.2. The van der Waals surface area contributed by atoms with Gasteiger partial charge in [-0.3, -0.25) is 9.78 Å². The van der Waals surface area contributed by atoms with E-state index in [-0.39, 0.29) is 11.7 Å². The number of pyridine rings is 1. The van der Waals surface area contributed by atoms with Crippen molar-refractivity contribution >= 4 is 11.7 Å². The van der Waals surface area contributed by atoms with Crippen molar-refractivity contribution in [2.24, 2.45) is 0 Å². The maximum atomic E-state index is 14.0. The molecule has 2 fully saturated rings. The predicted octanol–water partition coefficient (Wildman–Crippen LogP) is 1.32. The Bertz CT molecular complexity index is 875. The van der Waals surface area contributed by atoms with Crippen LogP contribution >= 0.6 is 0 Å². The van der Waals surface area contributed by atoms with Gasteiger partial charge in [-0.15, -0.1) is 0 Å². The number of aliphatic hydroxyl groups excluding tert-OH is 1. The SMILES string of the molecule is C[C@]1(NC(=O)c2cccnc2)CCOC2(CCN(c3ncncc3F)CC2)[C@@H]1O. The first kappa shape index (κ1) is 19.7. The van der Waals surface area contributed by atoms with Gasteiger partial charge >= 0.3 is 0 Å². The average molecular weight is 401 g/mol. The van der Waals surface area contributed by atoms with Crippen LogP contribution in [0.2, 0.25) is 0 Å². The molecule has 2 N–H and O–H groups in total. The lowest BCUT2D eigenvalue weighted by atomic mass is 9.73. The van der Waals surface area contributed by atoms with E-state index in [1.54, 1.807) is 18.3 Å². The van der Waals surface area contributed by atoms with E-state index in [4.69, 9.17) is 4.74 Å². The minimum atomic E-state index is -0.901. The molecule has 0 bridgehead atoms. The number of hydrogen-bond donors (Lipinski definition) is 2. The molecule has 2 atom stereocenters. The molecular formula is C20H24FN5O3. The Morgan fingerprint density at radius 1 is 1.31 bits per heavy atom. The van der Waals surface area contributed by atoms with Crippen LogP contribution in [0.25, 0.3) is 0 Å². The fourth-order valence-corrected chi connectivity index (χ4v) is 4.28. The molecule has 4 rings (SSSR count). The summed E-state index contributed by atoms with van der Waals surface area (Å²) in [5.41, 5.74) is -1.20. The molecule has 0 aliphatic carbocycles. The molecule has 29 heavy (non-hydrogen) atoms. The summed E-state index contributed by atoms with van der Waals surface area (Å²) in [5.74, 6) is -0.493. The van der Waals surface area contributed by atoms with Crippen LogP contribution < -0.4 is 10.2 Å². The van der Waals surface area contributed by atoms with E-state index >= 15 is 0 Å². The summed E-state index contributed by atoms with van der Waals surface area (Å²) in [6, 6.07) is 3.38. The molecule has 2 aliphatic rings. The number of ether oxygens (including phenoxy) is 1. The fraction of sp³-hybridized carbons (Fsp3) is 0.500. The molecule has 1 spiro atoms. The van der Waals surface area contributed by atoms with Gasteiger partial charge in [-0.2, -0.15) is 0 Å². The Morgan fingerprint density at radius 3 is 2.79 bits per heavy atom. The van der Waals surface area contributed by atoms with Gasteiger partial charge in [0.1, 0.15) is 12.4 Å². The number of piperidine rings is 1. The van der Waals surface area contributed by atoms with Crippen molar-refractivity contribution in [3.8, 4) is 0 Å². The highest BCUT2D eigenvalue weighted by atomic mass is 19.1. The van der Waals surface area contributed by atoms with Crippen molar-refractivity contribution in [3.63, 3.8) is 0 Å². The summed E-state index contributed by atoms with van der Waals surface area (Å²) in [7, 11) is 0. The maximum Gasteiger partial charge on any atom is 0.253 e. The number of halogens is 1. The van der Waals surface area contributed by atoms with E-state index in [9.17, 15) is 14.3 Å². The zero-order chi connectivity index (χ0) is 20.5. The van der Waals surface area contributed by atoms with Crippen molar-refractivity contribution in [2.75, 3.05) is 24.6 Å². The number of nitrogens with one attached hydrogen (secondary N) is 1. The smallest absolute Gasteiger partial charge is 0.253 e. The van der Waals surface area contributed by atoms with Crippen LogP contribution in [0.5, 0.6) is 0 Å². The summed E-state index contributed by atoms with van der Waals surface area (Å²) < 4.78 is 20.1. The van der Waals surface area contributed by atoms with Gasteiger partial charge in [0.25, 0.3) is 5.91 Å². The van der Waals surface area contributed by atoms with E-state index in [1.807, 2.05) is 11.8 Å². The van der Waals surface area contributed by atoms with Crippen molar-refractivity contribution in [3.05, 3.63) is 48.4 Å². The number of nitrogens with zero attached hydrogens (tertiary/aromatic N) is 4. The third kappa shape index (κ3) is 3.67. The summed E-state index contributed by atoms with van der Waals surface area (Å²) in [6.07, 6.45) is 6.14. The van der Waals surface area contributed by atoms with Crippen LogP contribution in [-0.2, 0) is 4.74 Å². The van der Waals surface area contributed by atoms with Crippen LogP contribution in [0.1, 0.15) is 36.5 Å². The normalized spacial score (nSPS) is 26.3. The lowest BCUT2D eigenvalue weighted by Crippen LogP contribution is -2.69. The van der Waals surface area contributed by atoms with Crippen LogP contribution in [0.4, 0.5) is 10.2 Å². The molecule has 1 amide bonds. The van der Waals surface area contributed by atoms with Crippen LogP contribution in [0.3, 0.4) is 0 Å². The number of carbonyl (C=O) groups excluding carboxylic acids is 1. The third-order valence-electron chi connectivity index (χ3n) is 5.99. The van der Waals surface area contributed by atoms with E-state index < -0.39 is 23.1 Å². The highest BCUT2D eigenvalue weighted by Crippen LogP contribution is 2.40. The highest BCUT2D eigenvalue weighted by Gasteiger charge is 2.54. The first-order chi connectivity index (χ1) is 13.9. The minimum Gasteiger partial charge on any atom is -0.388 e. The van der Waals surface area contributed by atoms with Gasteiger partial charge in [0.15, 0.2) is 11.6 Å². The molecular weight excluding hydrogens is 377 g/mol. The van der Waals surface area contributed by atoms with Crippen molar-refractivity contribution in [1.29, 1.82) is 0 Å². The molecule has 2 aliphatic heterocycles. The van der Waals surface area contributed by atoms with Crippen LogP contribution in [0, 0.1) is 5.82 Å². The molecule has 154 valence electrons. The first-order valence-corrected chi connectivity index (χ1v) is 9.69. The Morgan fingerprint density at radius 2 is 2.10 bits per heavy atom. The van der Waals surface area contributed by atoms with Gasteiger partial charge in [-0.05, 0) is 38.3 Å². The first-order valence-electron chi connectivity index (χ1n) is 9.69. The largest absolute Gasteiger partial charge is 0.388 e. The Labute approximate surface area is 168 Å². The molecule has 4 heterocycles. The van der Waals surface area contributed by atoms with Crippen LogP contribution in [-0.4, -0.2) is 62.9 Å². The molecule has 0 radical (unpaired) electrons. The molecule has 0 unspecified atom stereocenters. The van der Waals surface area contributed by atoms with E-state index in [1.165, 1.54) is 12.5 Å². The third-order valence-corrected chi connectivity index (χ3v) is 5.99. The number of hydrogen-bond acceptors (Lipinski definition) is 7. The molecule has 0 saturated carbocycles. The number of amides is 1. The lowest BCUT2D eigenvalue weighted by Gasteiger charge is -2.53. The second-order valence-corrected chi connectivity index (χ2v) is 7.86. The Kier molecular flexibility index (Phi) is 5.18. The summed E-state index contributed by atoms with van der Waals surface area (Å²) in [4.78, 5) is 26.2. The van der Waals surface area contributed by atoms with Gasteiger partial charge in [-0.1, -0.05) is 0 Å². The highest BCUT2D eigenvalue weighted by molar-refractivity contribution is 5.94. The van der Waals surface area contributed by atoms with E-state index in [0.29, 0.717) is 44.5 Å². The van der Waals surface area contributed by atoms with Gasteiger partial charge in [0, 0.05) is 32.1 Å². The molecule has 8 nitrogen and oxygen atoms in total. The summed E-state index contributed by atoms with van der Waals surface area (Å²) in [5, 5.41) is 14.2. The fourth-order valence-electron chi connectivity index (χ4n) is 4.28. The number of carbonyl (C=O) groups is 1. The molecule has 2 aromatic rings. The number of aliphatic hydroxyl groups is 1. The average Bonchev–Trinajstić information content (AvgIpc) is 2.74. The Hall–Kier alpha value is -2.65. The maximum absolute atomic E-state index is 14.0. The number of anilines is 1. The van der Waals surface area contributed by atoms with E-state index in [0.717, 1.165) is 6.20 Å². The second-order valence-electron chi connectivity index (χ2n) is 7.86. The number of aromatic nitrogens is 3. The summed E-state index contributed by atoms with van der Waals surface area (Å²) in [6.45, 7) is 3.23.